The predicted octanol–water partition coefficient (Wildman–Crippen LogP) is 4.06. The quantitative estimate of drug-likeness (QED) is 0.645. The van der Waals surface area contributed by atoms with Gasteiger partial charge >= 0.3 is 0 Å². The molecule has 0 saturated carbocycles. The van der Waals surface area contributed by atoms with Crippen LogP contribution in [0.1, 0.15) is 18.4 Å². The highest BCUT2D eigenvalue weighted by Gasteiger charge is 2.26. The molecule has 1 amide bonds. The molecule has 5 nitrogen and oxygen atoms in total. The van der Waals surface area contributed by atoms with E-state index in [0.717, 1.165) is 46.1 Å². The van der Waals surface area contributed by atoms with Gasteiger partial charge in [-0.15, -0.1) is 0 Å². The van der Waals surface area contributed by atoms with E-state index < -0.39 is 0 Å². The van der Waals surface area contributed by atoms with Crippen molar-refractivity contribution in [3.8, 4) is 5.75 Å². The van der Waals surface area contributed by atoms with Crippen LogP contribution < -0.4 is 9.64 Å². The van der Waals surface area contributed by atoms with Crippen molar-refractivity contribution < 1.29 is 14.3 Å². The van der Waals surface area contributed by atoms with Crippen molar-refractivity contribution in [2.24, 2.45) is 0 Å². The molecule has 2 heterocycles. The normalized spacial score (nSPS) is 16.6. The second-order valence-electron chi connectivity index (χ2n) is 6.63. The smallest absolute Gasteiger partial charge is 0.233 e. The monoisotopic (exact) mass is 382 g/mol. The fraction of sp³-hybridized carbons (Fsp3) is 0.333. The number of carbonyl (C=O) groups is 1. The third-order valence-corrected chi connectivity index (χ3v) is 5.77. The Labute approximate surface area is 162 Å². The molecule has 0 spiro atoms. The van der Waals surface area contributed by atoms with Crippen LogP contribution in [-0.4, -0.2) is 37.3 Å². The van der Waals surface area contributed by atoms with Crippen molar-refractivity contribution in [3.05, 3.63) is 54.1 Å². The van der Waals surface area contributed by atoms with Gasteiger partial charge in [0.05, 0.1) is 36.4 Å². The zero-order valence-corrected chi connectivity index (χ0v) is 16.1. The van der Waals surface area contributed by atoms with E-state index in [2.05, 4.69) is 0 Å². The topological polar surface area (TPSA) is 51.7 Å². The zero-order valence-electron chi connectivity index (χ0n) is 15.3. The largest absolute Gasteiger partial charge is 0.497 e. The average molecular weight is 382 g/mol. The lowest BCUT2D eigenvalue weighted by molar-refractivity contribution is -0.118. The molecule has 1 aliphatic rings. The van der Waals surface area contributed by atoms with Gasteiger partial charge in [0.1, 0.15) is 5.75 Å². The van der Waals surface area contributed by atoms with E-state index in [1.807, 2.05) is 48.5 Å². The molecule has 1 unspecified atom stereocenters. The van der Waals surface area contributed by atoms with Gasteiger partial charge in [-0.05, 0) is 36.6 Å². The molecule has 1 atom stereocenters. The summed E-state index contributed by atoms with van der Waals surface area (Å²) in [6.45, 7) is 1.31. The van der Waals surface area contributed by atoms with Gasteiger partial charge in [-0.2, -0.15) is 0 Å². The number of thiazole rings is 1. The van der Waals surface area contributed by atoms with Gasteiger partial charge in [0.2, 0.25) is 5.91 Å². The standard InChI is InChI=1S/C21H22N2O3S/c1-25-16-9-10-18-19(13-16)27-21(22-18)23(14-17-8-5-11-26-17)20(24)12-15-6-3-2-4-7-15/h2-4,6-7,9-10,13,17H,5,8,11-12,14H2,1H3. The summed E-state index contributed by atoms with van der Waals surface area (Å²) in [6, 6.07) is 15.6. The number of carbonyl (C=O) groups excluding carboxylic acids is 1. The Morgan fingerprint density at radius 2 is 2.15 bits per heavy atom. The Balaban J connectivity index is 1.63. The van der Waals surface area contributed by atoms with Crippen molar-refractivity contribution in [1.82, 2.24) is 4.98 Å². The molecule has 1 saturated heterocycles. The van der Waals surface area contributed by atoms with Crippen LogP contribution in [0.4, 0.5) is 5.13 Å². The van der Waals surface area contributed by atoms with Crippen LogP contribution in [0.5, 0.6) is 5.75 Å². The Kier molecular flexibility index (Phi) is 5.36. The summed E-state index contributed by atoms with van der Waals surface area (Å²) in [5.74, 6) is 0.835. The maximum atomic E-state index is 13.1. The third kappa shape index (κ3) is 4.12. The molecule has 0 aliphatic carbocycles. The number of fused-ring (bicyclic) bond motifs is 1. The second kappa shape index (κ2) is 8.06. The number of benzene rings is 2. The van der Waals surface area contributed by atoms with Crippen LogP contribution in [0.2, 0.25) is 0 Å². The highest BCUT2D eigenvalue weighted by Crippen LogP contribution is 2.32. The first-order valence-corrected chi connectivity index (χ1v) is 9.95. The molecule has 0 N–H and O–H groups in total. The van der Waals surface area contributed by atoms with Crippen molar-refractivity contribution in [1.29, 1.82) is 0 Å². The average Bonchev–Trinajstić information content (AvgIpc) is 3.35. The molecule has 27 heavy (non-hydrogen) atoms. The summed E-state index contributed by atoms with van der Waals surface area (Å²) in [6.07, 6.45) is 2.45. The van der Waals surface area contributed by atoms with E-state index in [0.29, 0.717) is 13.0 Å². The lowest BCUT2D eigenvalue weighted by atomic mass is 10.1. The number of hydrogen-bond donors (Lipinski definition) is 0. The maximum absolute atomic E-state index is 13.1. The first-order chi connectivity index (χ1) is 13.2. The summed E-state index contributed by atoms with van der Waals surface area (Å²) in [7, 11) is 1.65. The molecule has 3 aromatic rings. The molecule has 2 aromatic carbocycles. The Hall–Kier alpha value is -2.44. The zero-order chi connectivity index (χ0) is 18.6. The Morgan fingerprint density at radius 1 is 1.30 bits per heavy atom. The predicted molar refractivity (Wildman–Crippen MR) is 108 cm³/mol. The van der Waals surface area contributed by atoms with E-state index >= 15 is 0 Å². The lowest BCUT2D eigenvalue weighted by Gasteiger charge is -2.23. The molecular formula is C21H22N2O3S. The Morgan fingerprint density at radius 3 is 2.89 bits per heavy atom. The highest BCUT2D eigenvalue weighted by atomic mass is 32.1. The van der Waals surface area contributed by atoms with E-state index in [1.165, 1.54) is 11.3 Å². The Bertz CT molecular complexity index is 920. The van der Waals surface area contributed by atoms with E-state index in [9.17, 15) is 4.79 Å². The number of aromatic nitrogens is 1. The summed E-state index contributed by atoms with van der Waals surface area (Å²) >= 11 is 1.52. The fourth-order valence-electron chi connectivity index (χ4n) is 3.28. The summed E-state index contributed by atoms with van der Waals surface area (Å²) in [5.41, 5.74) is 1.88. The van der Waals surface area contributed by atoms with Crippen molar-refractivity contribution in [2.75, 3.05) is 25.2 Å². The summed E-state index contributed by atoms with van der Waals surface area (Å²) < 4.78 is 12.1. The van der Waals surface area contributed by atoms with Gasteiger partial charge in [0, 0.05) is 6.61 Å². The number of methoxy groups -OCH3 is 1. The molecule has 1 aliphatic heterocycles. The fourth-order valence-corrected chi connectivity index (χ4v) is 4.30. The third-order valence-electron chi connectivity index (χ3n) is 4.72. The molecule has 1 aromatic heterocycles. The SMILES string of the molecule is COc1ccc2nc(N(CC3CCCO3)C(=O)Cc3ccccc3)sc2c1. The first kappa shape index (κ1) is 17.9. The van der Waals surface area contributed by atoms with Crippen LogP contribution in [0.3, 0.4) is 0 Å². The molecule has 6 heteroatoms. The molecule has 0 bridgehead atoms. The highest BCUT2D eigenvalue weighted by molar-refractivity contribution is 7.22. The summed E-state index contributed by atoms with van der Waals surface area (Å²) in [4.78, 5) is 19.6. The number of amides is 1. The van der Waals surface area contributed by atoms with E-state index in [4.69, 9.17) is 14.5 Å². The lowest BCUT2D eigenvalue weighted by Crippen LogP contribution is -2.38. The van der Waals surface area contributed by atoms with Gasteiger partial charge in [0.25, 0.3) is 0 Å². The molecule has 0 radical (unpaired) electrons. The second-order valence-corrected chi connectivity index (χ2v) is 7.64. The minimum atomic E-state index is 0.0442. The molecule has 1 fully saturated rings. The number of hydrogen-bond acceptors (Lipinski definition) is 5. The first-order valence-electron chi connectivity index (χ1n) is 9.13. The van der Waals surface area contributed by atoms with Crippen LogP contribution >= 0.6 is 11.3 Å². The number of ether oxygens (including phenoxy) is 2. The van der Waals surface area contributed by atoms with Gasteiger partial charge in [-0.25, -0.2) is 4.98 Å². The molecule has 4 rings (SSSR count). The summed E-state index contributed by atoms with van der Waals surface area (Å²) in [5, 5.41) is 0.717. The maximum Gasteiger partial charge on any atom is 0.233 e. The number of anilines is 1. The number of rotatable bonds is 6. The van der Waals surface area contributed by atoms with E-state index in [1.54, 1.807) is 12.0 Å². The van der Waals surface area contributed by atoms with Crippen LogP contribution in [0, 0.1) is 0 Å². The van der Waals surface area contributed by atoms with Crippen LogP contribution in [0.25, 0.3) is 10.2 Å². The van der Waals surface area contributed by atoms with Crippen LogP contribution in [0.15, 0.2) is 48.5 Å². The molecule has 140 valence electrons. The van der Waals surface area contributed by atoms with Gasteiger partial charge < -0.3 is 9.47 Å². The van der Waals surface area contributed by atoms with Crippen molar-refractivity contribution in [2.45, 2.75) is 25.4 Å². The van der Waals surface area contributed by atoms with Crippen molar-refractivity contribution in [3.63, 3.8) is 0 Å². The van der Waals surface area contributed by atoms with Crippen molar-refractivity contribution >= 4 is 32.6 Å². The minimum Gasteiger partial charge on any atom is -0.497 e. The van der Waals surface area contributed by atoms with Gasteiger partial charge in [0.15, 0.2) is 5.13 Å². The van der Waals surface area contributed by atoms with E-state index in [-0.39, 0.29) is 12.0 Å². The minimum absolute atomic E-state index is 0.0442. The molecular weight excluding hydrogens is 360 g/mol. The van der Waals surface area contributed by atoms with Gasteiger partial charge in [-0.3, -0.25) is 9.69 Å². The van der Waals surface area contributed by atoms with Gasteiger partial charge in [-0.1, -0.05) is 41.7 Å². The van der Waals surface area contributed by atoms with Crippen LogP contribution in [-0.2, 0) is 16.0 Å². The number of nitrogens with zero attached hydrogens (tertiary/aromatic N) is 2.